The highest BCUT2D eigenvalue weighted by molar-refractivity contribution is 7.07. The lowest BCUT2D eigenvalue weighted by atomic mass is 9.96. The first-order chi connectivity index (χ1) is 20.7. The van der Waals surface area contributed by atoms with Crippen LogP contribution in [0.3, 0.4) is 0 Å². The number of rotatable bonds is 9. The lowest BCUT2D eigenvalue weighted by molar-refractivity contribution is -0.139. The number of furan rings is 1. The Morgan fingerprint density at radius 1 is 0.977 bits per heavy atom. The largest absolute Gasteiger partial charge is 0.491 e. The quantitative estimate of drug-likeness (QED) is 0.248. The van der Waals surface area contributed by atoms with Crippen molar-refractivity contribution in [3.8, 4) is 17.1 Å². The van der Waals surface area contributed by atoms with E-state index in [2.05, 4.69) is 4.99 Å². The van der Waals surface area contributed by atoms with E-state index in [1.165, 1.54) is 15.9 Å². The van der Waals surface area contributed by atoms with Gasteiger partial charge in [0.25, 0.3) is 5.56 Å². The van der Waals surface area contributed by atoms with Crippen LogP contribution in [0.15, 0.2) is 86.1 Å². The Bertz CT molecular complexity index is 1860. The van der Waals surface area contributed by atoms with Gasteiger partial charge in [-0.3, -0.25) is 9.36 Å². The van der Waals surface area contributed by atoms with E-state index < -0.39 is 12.0 Å². The second-order valence-electron chi connectivity index (χ2n) is 10.0. The molecule has 2 aromatic carbocycles. The average Bonchev–Trinajstić information content (AvgIpc) is 3.57. The maximum absolute atomic E-state index is 13.9. The van der Waals surface area contributed by atoms with Gasteiger partial charge in [0.1, 0.15) is 17.3 Å². The molecule has 10 heteroatoms. The van der Waals surface area contributed by atoms with Gasteiger partial charge in [0.2, 0.25) is 0 Å². The minimum atomic E-state index is -0.726. The van der Waals surface area contributed by atoms with Crippen LogP contribution in [-0.2, 0) is 14.3 Å². The first-order valence-electron chi connectivity index (χ1n) is 14.0. The summed E-state index contributed by atoms with van der Waals surface area (Å²) in [5.41, 5.74) is 2.45. The first-order valence-corrected chi connectivity index (χ1v) is 14.9. The summed E-state index contributed by atoms with van der Waals surface area (Å²) < 4.78 is 24.2. The molecule has 4 aromatic rings. The summed E-state index contributed by atoms with van der Waals surface area (Å²) in [5.74, 6) is 0.840. The molecular weight excluding hydrogens is 568 g/mol. The van der Waals surface area contributed by atoms with Gasteiger partial charge in [-0.25, -0.2) is 14.6 Å². The van der Waals surface area contributed by atoms with Crippen LogP contribution >= 0.6 is 11.3 Å². The van der Waals surface area contributed by atoms with Crippen LogP contribution in [0.25, 0.3) is 17.4 Å². The van der Waals surface area contributed by atoms with E-state index in [1.807, 2.05) is 38.1 Å². The standard InChI is InChI=1S/C33H32N2O7S/c1-6-39-31(37)23-10-8-21(9-11-23)26-17-16-25(42-26)18-27-30(36)35-29(22-12-14-24(15-13-22)41-19(3)4)28(32(38)40-7-2)20(5)34-33(35)43-27/h8-19,29H,6-7H2,1-5H3/b27-18-/t29-/m0/s1. The molecule has 0 fully saturated rings. The number of thiazole rings is 1. The van der Waals surface area contributed by atoms with E-state index in [0.717, 1.165) is 11.1 Å². The van der Waals surface area contributed by atoms with Gasteiger partial charge in [-0.1, -0.05) is 35.6 Å². The molecule has 1 aliphatic rings. The Labute approximate surface area is 252 Å². The van der Waals surface area contributed by atoms with Crippen molar-refractivity contribution in [3.05, 3.63) is 109 Å². The molecule has 0 amide bonds. The van der Waals surface area contributed by atoms with E-state index in [4.69, 9.17) is 18.6 Å². The molecule has 0 unspecified atom stereocenters. The molecule has 5 rings (SSSR count). The highest BCUT2D eigenvalue weighted by Gasteiger charge is 2.33. The van der Waals surface area contributed by atoms with Gasteiger partial charge >= 0.3 is 11.9 Å². The van der Waals surface area contributed by atoms with Crippen molar-refractivity contribution >= 4 is 29.4 Å². The van der Waals surface area contributed by atoms with Crippen molar-refractivity contribution in [3.63, 3.8) is 0 Å². The Kier molecular flexibility index (Phi) is 8.77. The molecule has 0 spiro atoms. The fraction of sp³-hybridized carbons (Fsp3) is 0.273. The zero-order valence-corrected chi connectivity index (χ0v) is 25.4. The molecule has 9 nitrogen and oxygen atoms in total. The Balaban J connectivity index is 1.53. The maximum atomic E-state index is 13.9. The fourth-order valence-electron chi connectivity index (χ4n) is 4.81. The summed E-state index contributed by atoms with van der Waals surface area (Å²) in [4.78, 5) is 44.1. The summed E-state index contributed by atoms with van der Waals surface area (Å²) in [5, 5.41) is 0. The maximum Gasteiger partial charge on any atom is 0.338 e. The van der Waals surface area contributed by atoms with Crippen LogP contribution in [0.4, 0.5) is 0 Å². The minimum absolute atomic E-state index is 0.00632. The third-order valence-corrected chi connectivity index (χ3v) is 7.65. The van der Waals surface area contributed by atoms with Crippen molar-refractivity contribution in [2.45, 2.75) is 46.8 Å². The molecule has 0 saturated carbocycles. The summed E-state index contributed by atoms with van der Waals surface area (Å²) in [7, 11) is 0. The molecule has 0 N–H and O–H groups in total. The molecular formula is C33H32N2O7S. The minimum Gasteiger partial charge on any atom is -0.491 e. The van der Waals surface area contributed by atoms with Crippen molar-refractivity contribution in [1.29, 1.82) is 0 Å². The van der Waals surface area contributed by atoms with Gasteiger partial charge in [-0.05, 0) is 76.6 Å². The van der Waals surface area contributed by atoms with Crippen molar-refractivity contribution < 1.29 is 28.2 Å². The number of aromatic nitrogens is 1. The smallest absolute Gasteiger partial charge is 0.338 e. The van der Waals surface area contributed by atoms with E-state index in [-0.39, 0.29) is 24.2 Å². The third-order valence-electron chi connectivity index (χ3n) is 6.67. The highest BCUT2D eigenvalue weighted by Crippen LogP contribution is 2.32. The molecule has 1 atom stereocenters. The second-order valence-corrected chi connectivity index (χ2v) is 11.0. The predicted octanol–water partition coefficient (Wildman–Crippen LogP) is 5.02. The van der Waals surface area contributed by atoms with Crippen LogP contribution < -0.4 is 19.6 Å². The molecule has 43 heavy (non-hydrogen) atoms. The zero-order chi connectivity index (χ0) is 30.7. The van der Waals surface area contributed by atoms with Gasteiger partial charge in [0.05, 0.1) is 46.7 Å². The molecule has 0 radical (unpaired) electrons. The average molecular weight is 601 g/mol. The fourth-order valence-corrected chi connectivity index (χ4v) is 5.83. The number of allylic oxidation sites excluding steroid dienone is 1. The van der Waals surface area contributed by atoms with Crippen LogP contribution in [0.1, 0.15) is 62.3 Å². The molecule has 1 aliphatic heterocycles. The molecule has 2 aromatic heterocycles. The lowest BCUT2D eigenvalue weighted by Crippen LogP contribution is -2.39. The number of ether oxygens (including phenoxy) is 3. The van der Waals surface area contributed by atoms with Gasteiger partial charge < -0.3 is 18.6 Å². The first kappa shape index (κ1) is 29.8. The molecule has 3 heterocycles. The van der Waals surface area contributed by atoms with E-state index in [9.17, 15) is 14.4 Å². The Morgan fingerprint density at radius 2 is 1.65 bits per heavy atom. The third kappa shape index (κ3) is 6.24. The van der Waals surface area contributed by atoms with Crippen molar-refractivity contribution in [2.75, 3.05) is 13.2 Å². The second kappa shape index (κ2) is 12.7. The number of nitrogens with zero attached hydrogens (tertiary/aromatic N) is 2. The van der Waals surface area contributed by atoms with E-state index in [0.29, 0.717) is 50.0 Å². The van der Waals surface area contributed by atoms with Crippen molar-refractivity contribution in [2.24, 2.45) is 4.99 Å². The number of hydrogen-bond acceptors (Lipinski definition) is 9. The molecule has 222 valence electrons. The van der Waals surface area contributed by atoms with Gasteiger partial charge in [0.15, 0.2) is 4.80 Å². The van der Waals surface area contributed by atoms with Crippen LogP contribution in [0.2, 0.25) is 0 Å². The Morgan fingerprint density at radius 3 is 2.30 bits per heavy atom. The zero-order valence-electron chi connectivity index (χ0n) is 24.6. The number of carbonyl (C=O) groups excluding carboxylic acids is 2. The molecule has 0 aliphatic carbocycles. The highest BCUT2D eigenvalue weighted by atomic mass is 32.1. The topological polar surface area (TPSA) is 109 Å². The number of fused-ring (bicyclic) bond motifs is 1. The molecule has 0 saturated heterocycles. The van der Waals surface area contributed by atoms with E-state index >= 15 is 0 Å². The number of hydrogen-bond donors (Lipinski definition) is 0. The summed E-state index contributed by atoms with van der Waals surface area (Å²) in [6.07, 6.45) is 1.67. The van der Waals surface area contributed by atoms with E-state index in [1.54, 1.807) is 63.2 Å². The SMILES string of the molecule is CCOC(=O)C1=C(C)N=c2s/c(=C\c3ccc(-c4ccc(C(=O)OCC)cc4)o3)c(=O)n2[C@H]1c1ccc(OC(C)C)cc1. The lowest BCUT2D eigenvalue weighted by Gasteiger charge is -2.25. The number of esters is 2. The summed E-state index contributed by atoms with van der Waals surface area (Å²) >= 11 is 1.22. The van der Waals surface area contributed by atoms with Crippen LogP contribution in [-0.4, -0.2) is 35.8 Å². The predicted molar refractivity (Wildman–Crippen MR) is 163 cm³/mol. The van der Waals surface area contributed by atoms with Gasteiger partial charge in [-0.15, -0.1) is 0 Å². The number of carbonyl (C=O) groups is 2. The molecule has 0 bridgehead atoms. The van der Waals surface area contributed by atoms with Crippen LogP contribution in [0, 0.1) is 0 Å². The van der Waals surface area contributed by atoms with Gasteiger partial charge in [-0.2, -0.15) is 0 Å². The van der Waals surface area contributed by atoms with Crippen molar-refractivity contribution in [1.82, 2.24) is 4.57 Å². The summed E-state index contributed by atoms with van der Waals surface area (Å²) in [6.45, 7) is 9.63. The normalized spacial score (nSPS) is 14.8. The number of benzene rings is 2. The monoisotopic (exact) mass is 600 g/mol. The van der Waals surface area contributed by atoms with Crippen LogP contribution in [0.5, 0.6) is 5.75 Å². The van der Waals surface area contributed by atoms with Gasteiger partial charge in [0, 0.05) is 11.6 Å². The summed E-state index contributed by atoms with van der Waals surface area (Å²) in [6, 6.07) is 17.1. The Hall–Kier alpha value is -4.70.